The summed E-state index contributed by atoms with van der Waals surface area (Å²) in [6.07, 6.45) is 4.02. The molecule has 0 aromatic rings. The van der Waals surface area contributed by atoms with Gasteiger partial charge in [-0.15, -0.1) is 0 Å². The van der Waals surface area contributed by atoms with Gasteiger partial charge in [-0.25, -0.2) is 4.79 Å². The fourth-order valence-corrected chi connectivity index (χ4v) is 1.97. The Morgan fingerprint density at radius 1 is 1.33 bits per heavy atom. The van der Waals surface area contributed by atoms with E-state index in [1.807, 2.05) is 6.92 Å². The summed E-state index contributed by atoms with van der Waals surface area (Å²) >= 11 is 0. The van der Waals surface area contributed by atoms with Crippen molar-refractivity contribution in [2.75, 3.05) is 6.54 Å². The average molecular weight is 211 g/mol. The topological polar surface area (TPSA) is 57.6 Å². The zero-order valence-corrected chi connectivity index (χ0v) is 9.14. The van der Waals surface area contributed by atoms with Gasteiger partial charge < -0.3 is 10.0 Å². The molecule has 0 saturated carbocycles. The molecule has 0 aliphatic carbocycles. The highest BCUT2D eigenvalue weighted by Crippen LogP contribution is 2.22. The molecule has 1 saturated heterocycles. The van der Waals surface area contributed by atoms with Crippen molar-refractivity contribution >= 4 is 11.9 Å². The molecule has 0 aromatic carbocycles. The van der Waals surface area contributed by atoms with Gasteiger partial charge in [0, 0.05) is 24.7 Å². The first-order chi connectivity index (χ1) is 7.00. The Balaban J connectivity index is 2.56. The molecule has 84 valence electrons. The lowest BCUT2D eigenvalue weighted by Crippen LogP contribution is -2.43. The van der Waals surface area contributed by atoms with Crippen LogP contribution in [0.1, 0.15) is 26.7 Å². The molecular formula is C11H17NO3. The lowest BCUT2D eigenvalue weighted by molar-refractivity contribution is -0.133. The monoisotopic (exact) mass is 211 g/mol. The maximum absolute atomic E-state index is 11.6. The average Bonchev–Trinajstić information content (AvgIpc) is 2.14. The highest BCUT2D eigenvalue weighted by atomic mass is 16.4. The first kappa shape index (κ1) is 11.8. The van der Waals surface area contributed by atoms with Gasteiger partial charge >= 0.3 is 5.97 Å². The number of amides is 1. The van der Waals surface area contributed by atoms with Crippen LogP contribution in [0.3, 0.4) is 0 Å². The SMILES string of the molecule is CC1CCN(C(=O)/C=C\C(=O)O)C(C)C1. The molecule has 4 heteroatoms. The smallest absolute Gasteiger partial charge is 0.328 e. The maximum atomic E-state index is 11.6. The van der Waals surface area contributed by atoms with Crippen LogP contribution < -0.4 is 0 Å². The van der Waals surface area contributed by atoms with Crippen LogP contribution in [0.25, 0.3) is 0 Å². The van der Waals surface area contributed by atoms with Crippen molar-refractivity contribution in [3.63, 3.8) is 0 Å². The molecule has 1 N–H and O–H groups in total. The minimum atomic E-state index is -1.08. The number of piperidine rings is 1. The highest BCUT2D eigenvalue weighted by molar-refractivity contribution is 5.94. The van der Waals surface area contributed by atoms with Crippen LogP contribution in [0.5, 0.6) is 0 Å². The predicted octanol–water partition coefficient (Wildman–Crippen LogP) is 1.27. The summed E-state index contributed by atoms with van der Waals surface area (Å²) in [5.41, 5.74) is 0. The minimum Gasteiger partial charge on any atom is -0.478 e. The summed E-state index contributed by atoms with van der Waals surface area (Å²) in [5.74, 6) is -0.634. The number of hydrogen-bond acceptors (Lipinski definition) is 2. The summed E-state index contributed by atoms with van der Waals surface area (Å²) in [4.78, 5) is 23.6. The highest BCUT2D eigenvalue weighted by Gasteiger charge is 2.25. The van der Waals surface area contributed by atoms with Gasteiger partial charge in [0.05, 0.1) is 0 Å². The Morgan fingerprint density at radius 3 is 2.53 bits per heavy atom. The van der Waals surface area contributed by atoms with Gasteiger partial charge in [0.2, 0.25) is 5.91 Å². The van der Waals surface area contributed by atoms with Crippen molar-refractivity contribution in [3.05, 3.63) is 12.2 Å². The third kappa shape index (κ3) is 3.38. The molecule has 15 heavy (non-hydrogen) atoms. The molecule has 2 atom stereocenters. The molecule has 1 fully saturated rings. The standard InChI is InChI=1S/C11H17NO3/c1-8-5-6-12(9(2)7-8)10(13)3-4-11(14)15/h3-4,8-9H,5-7H2,1-2H3,(H,14,15)/b4-3-. The van der Waals surface area contributed by atoms with Crippen LogP contribution in [-0.2, 0) is 9.59 Å². The first-order valence-electron chi connectivity index (χ1n) is 5.22. The zero-order valence-electron chi connectivity index (χ0n) is 9.14. The summed E-state index contributed by atoms with van der Waals surface area (Å²) in [7, 11) is 0. The molecule has 1 aliphatic rings. The van der Waals surface area contributed by atoms with Crippen molar-refractivity contribution in [1.29, 1.82) is 0 Å². The van der Waals surface area contributed by atoms with E-state index in [2.05, 4.69) is 6.92 Å². The molecule has 4 nitrogen and oxygen atoms in total. The van der Waals surface area contributed by atoms with Crippen molar-refractivity contribution < 1.29 is 14.7 Å². The number of likely N-dealkylation sites (tertiary alicyclic amines) is 1. The first-order valence-corrected chi connectivity index (χ1v) is 5.22. The lowest BCUT2D eigenvalue weighted by Gasteiger charge is -2.35. The van der Waals surface area contributed by atoms with Crippen molar-refractivity contribution in [1.82, 2.24) is 4.90 Å². The largest absolute Gasteiger partial charge is 0.478 e. The second kappa shape index (κ2) is 4.96. The van der Waals surface area contributed by atoms with E-state index in [1.54, 1.807) is 4.90 Å². The summed E-state index contributed by atoms with van der Waals surface area (Å²) in [5, 5.41) is 8.41. The number of nitrogens with zero attached hydrogens (tertiary/aromatic N) is 1. The van der Waals surface area contributed by atoms with E-state index in [4.69, 9.17) is 5.11 Å². The molecular weight excluding hydrogens is 194 g/mol. The fraction of sp³-hybridized carbons (Fsp3) is 0.636. The number of aliphatic carboxylic acids is 1. The Hall–Kier alpha value is -1.32. The van der Waals surface area contributed by atoms with Gasteiger partial charge in [-0.1, -0.05) is 6.92 Å². The molecule has 0 aromatic heterocycles. The van der Waals surface area contributed by atoms with Gasteiger partial charge in [-0.2, -0.15) is 0 Å². The van der Waals surface area contributed by atoms with E-state index in [0.29, 0.717) is 5.92 Å². The summed E-state index contributed by atoms with van der Waals surface area (Å²) in [6, 6.07) is 0.208. The summed E-state index contributed by atoms with van der Waals surface area (Å²) < 4.78 is 0. The van der Waals surface area contributed by atoms with Crippen LogP contribution in [0.4, 0.5) is 0 Å². The van der Waals surface area contributed by atoms with E-state index < -0.39 is 5.97 Å². The van der Waals surface area contributed by atoms with Crippen LogP contribution in [-0.4, -0.2) is 34.5 Å². The number of carbonyl (C=O) groups excluding carboxylic acids is 1. The Kier molecular flexibility index (Phi) is 3.88. The van der Waals surface area contributed by atoms with E-state index in [1.165, 1.54) is 0 Å². The van der Waals surface area contributed by atoms with Crippen molar-refractivity contribution in [2.45, 2.75) is 32.7 Å². The Morgan fingerprint density at radius 2 is 2.00 bits per heavy atom. The Labute approximate surface area is 89.6 Å². The van der Waals surface area contributed by atoms with Crippen molar-refractivity contribution in [3.8, 4) is 0 Å². The van der Waals surface area contributed by atoms with Crippen LogP contribution in [0.2, 0.25) is 0 Å². The molecule has 1 aliphatic heterocycles. The molecule has 1 amide bonds. The number of rotatable bonds is 2. The number of carboxylic acids is 1. The minimum absolute atomic E-state index is 0.197. The Bertz CT molecular complexity index is 286. The molecule has 0 radical (unpaired) electrons. The zero-order chi connectivity index (χ0) is 11.4. The lowest BCUT2D eigenvalue weighted by atomic mass is 9.93. The van der Waals surface area contributed by atoms with Gasteiger partial charge in [0.15, 0.2) is 0 Å². The van der Waals surface area contributed by atoms with Gasteiger partial charge in [-0.05, 0) is 25.7 Å². The molecule has 0 spiro atoms. The van der Waals surface area contributed by atoms with Crippen molar-refractivity contribution in [2.24, 2.45) is 5.92 Å². The van der Waals surface area contributed by atoms with Gasteiger partial charge in [0.25, 0.3) is 0 Å². The number of carboxylic acid groups (broad SMARTS) is 1. The van der Waals surface area contributed by atoms with E-state index in [9.17, 15) is 9.59 Å². The summed E-state index contributed by atoms with van der Waals surface area (Å²) in [6.45, 7) is 4.90. The fourth-order valence-electron chi connectivity index (χ4n) is 1.97. The molecule has 2 unspecified atom stereocenters. The molecule has 1 heterocycles. The van der Waals surface area contributed by atoms with Gasteiger partial charge in [-0.3, -0.25) is 4.79 Å². The van der Waals surface area contributed by atoms with Crippen LogP contribution in [0.15, 0.2) is 12.2 Å². The van der Waals surface area contributed by atoms with Crippen LogP contribution >= 0.6 is 0 Å². The second-order valence-corrected chi connectivity index (χ2v) is 4.18. The van der Waals surface area contributed by atoms with E-state index >= 15 is 0 Å². The van der Waals surface area contributed by atoms with E-state index in [0.717, 1.165) is 31.5 Å². The predicted molar refractivity (Wildman–Crippen MR) is 56.3 cm³/mol. The maximum Gasteiger partial charge on any atom is 0.328 e. The second-order valence-electron chi connectivity index (χ2n) is 4.18. The van der Waals surface area contributed by atoms with Gasteiger partial charge in [0.1, 0.15) is 0 Å². The van der Waals surface area contributed by atoms with E-state index in [-0.39, 0.29) is 11.9 Å². The quantitative estimate of drug-likeness (QED) is 0.700. The van der Waals surface area contributed by atoms with Crippen LogP contribution in [0, 0.1) is 5.92 Å². The third-order valence-electron chi connectivity index (χ3n) is 2.79. The molecule has 1 rings (SSSR count). The number of carbonyl (C=O) groups is 2. The number of hydrogen-bond donors (Lipinski definition) is 1. The third-order valence-corrected chi connectivity index (χ3v) is 2.79. The normalized spacial score (nSPS) is 26.9. The molecule has 0 bridgehead atoms.